The highest BCUT2D eigenvalue weighted by molar-refractivity contribution is 5.91. The van der Waals surface area contributed by atoms with Gasteiger partial charge >= 0.3 is 0 Å². The number of anilines is 3. The van der Waals surface area contributed by atoms with Gasteiger partial charge in [0, 0.05) is 34.9 Å². The first-order valence-electron chi connectivity index (χ1n) is 12.3. The molecule has 176 valence electrons. The van der Waals surface area contributed by atoms with Crippen molar-refractivity contribution in [2.24, 2.45) is 11.7 Å². The van der Waals surface area contributed by atoms with Gasteiger partial charge in [0.1, 0.15) is 28.7 Å². The van der Waals surface area contributed by atoms with Crippen LogP contribution in [0.4, 0.5) is 17.3 Å². The van der Waals surface area contributed by atoms with Crippen molar-refractivity contribution in [3.05, 3.63) is 78.9 Å². The van der Waals surface area contributed by atoms with Gasteiger partial charge in [0.2, 0.25) is 0 Å². The molecule has 1 aliphatic rings. The number of para-hydroxylation sites is 1. The van der Waals surface area contributed by atoms with Crippen LogP contribution in [0, 0.1) is 5.92 Å². The highest BCUT2D eigenvalue weighted by atomic mass is 15.1. The van der Waals surface area contributed by atoms with Crippen LogP contribution >= 0.6 is 0 Å². The van der Waals surface area contributed by atoms with Gasteiger partial charge in [-0.1, -0.05) is 30.3 Å². The van der Waals surface area contributed by atoms with Crippen LogP contribution in [-0.2, 0) is 0 Å². The SMILES string of the molecule is NCC1CCC(c2nc(-c3ccc4ccc(Nc5ccccc5)nc4c3)c3c(N)nccn23)CC1. The first-order chi connectivity index (χ1) is 17.2. The maximum atomic E-state index is 6.39. The van der Waals surface area contributed by atoms with Crippen LogP contribution in [0.25, 0.3) is 27.7 Å². The third kappa shape index (κ3) is 4.08. The van der Waals surface area contributed by atoms with Gasteiger partial charge in [-0.3, -0.25) is 4.40 Å². The van der Waals surface area contributed by atoms with E-state index in [2.05, 4.69) is 39.0 Å². The predicted octanol–water partition coefficient (Wildman–Crippen LogP) is 5.50. The number of rotatable bonds is 5. The van der Waals surface area contributed by atoms with Crippen LogP contribution in [-0.4, -0.2) is 25.9 Å². The Morgan fingerprint density at radius 2 is 1.74 bits per heavy atom. The third-order valence-electron chi connectivity index (χ3n) is 7.17. The Morgan fingerprint density at radius 3 is 2.54 bits per heavy atom. The molecule has 1 saturated carbocycles. The number of nitrogens with two attached hydrogens (primary N) is 2. The Bertz CT molecular complexity index is 1480. The summed E-state index contributed by atoms with van der Waals surface area (Å²) in [5.41, 5.74) is 16.9. The topological polar surface area (TPSA) is 107 Å². The maximum Gasteiger partial charge on any atom is 0.150 e. The molecule has 5 N–H and O–H groups in total. The zero-order valence-electron chi connectivity index (χ0n) is 19.6. The first kappa shape index (κ1) is 21.6. The number of pyridine rings is 1. The van der Waals surface area contributed by atoms with E-state index in [1.165, 1.54) is 0 Å². The number of hydrogen-bond donors (Lipinski definition) is 3. The summed E-state index contributed by atoms with van der Waals surface area (Å²) in [5, 5.41) is 4.45. The summed E-state index contributed by atoms with van der Waals surface area (Å²) in [6.07, 6.45) is 8.21. The van der Waals surface area contributed by atoms with Crippen molar-refractivity contribution in [3.8, 4) is 11.3 Å². The van der Waals surface area contributed by atoms with E-state index in [9.17, 15) is 0 Å². The van der Waals surface area contributed by atoms with Crippen molar-refractivity contribution in [2.45, 2.75) is 31.6 Å². The van der Waals surface area contributed by atoms with E-state index < -0.39 is 0 Å². The summed E-state index contributed by atoms with van der Waals surface area (Å²) in [7, 11) is 0. The first-order valence-corrected chi connectivity index (χ1v) is 12.3. The number of hydrogen-bond acceptors (Lipinski definition) is 6. The predicted molar refractivity (Wildman–Crippen MR) is 142 cm³/mol. The fraction of sp³-hybridized carbons (Fsp3) is 0.250. The molecule has 0 unspecified atom stereocenters. The minimum Gasteiger partial charge on any atom is -0.382 e. The molecule has 0 saturated heterocycles. The Morgan fingerprint density at radius 1 is 0.943 bits per heavy atom. The number of nitrogens with one attached hydrogen (secondary N) is 1. The fourth-order valence-electron chi connectivity index (χ4n) is 5.24. The Balaban J connectivity index is 1.41. The van der Waals surface area contributed by atoms with Crippen LogP contribution in [0.3, 0.4) is 0 Å². The van der Waals surface area contributed by atoms with E-state index in [-0.39, 0.29) is 0 Å². The lowest BCUT2D eigenvalue weighted by Gasteiger charge is -2.26. The molecule has 2 aromatic carbocycles. The number of benzene rings is 2. The molecule has 0 spiro atoms. The van der Waals surface area contributed by atoms with E-state index in [0.29, 0.717) is 17.7 Å². The second-order valence-electron chi connectivity index (χ2n) is 9.40. The maximum absolute atomic E-state index is 6.39. The normalized spacial score (nSPS) is 18.2. The lowest BCUT2D eigenvalue weighted by Crippen LogP contribution is -2.21. The second-order valence-corrected chi connectivity index (χ2v) is 9.40. The van der Waals surface area contributed by atoms with E-state index in [0.717, 1.165) is 77.2 Å². The number of imidazole rings is 1. The van der Waals surface area contributed by atoms with Gasteiger partial charge in [0.05, 0.1) is 5.52 Å². The van der Waals surface area contributed by atoms with E-state index >= 15 is 0 Å². The average Bonchev–Trinajstić information content (AvgIpc) is 3.30. The van der Waals surface area contributed by atoms with E-state index in [4.69, 9.17) is 21.4 Å². The van der Waals surface area contributed by atoms with Crippen molar-refractivity contribution >= 4 is 33.7 Å². The smallest absolute Gasteiger partial charge is 0.150 e. The van der Waals surface area contributed by atoms with Crippen LogP contribution in [0.1, 0.15) is 37.4 Å². The minimum absolute atomic E-state index is 0.390. The Kier molecular flexibility index (Phi) is 5.54. The van der Waals surface area contributed by atoms with Gasteiger partial charge in [-0.2, -0.15) is 0 Å². The molecule has 7 nitrogen and oxygen atoms in total. The summed E-state index contributed by atoms with van der Waals surface area (Å²) in [6.45, 7) is 0.766. The van der Waals surface area contributed by atoms with Crippen LogP contribution in [0.2, 0.25) is 0 Å². The number of aromatic nitrogens is 4. The molecule has 6 rings (SSSR count). The van der Waals surface area contributed by atoms with Gasteiger partial charge in [-0.15, -0.1) is 0 Å². The van der Waals surface area contributed by atoms with Crippen molar-refractivity contribution in [2.75, 3.05) is 17.6 Å². The molecule has 0 amide bonds. The molecular weight excluding hydrogens is 434 g/mol. The summed E-state index contributed by atoms with van der Waals surface area (Å²) >= 11 is 0. The zero-order valence-corrected chi connectivity index (χ0v) is 19.6. The summed E-state index contributed by atoms with van der Waals surface area (Å²) < 4.78 is 2.14. The van der Waals surface area contributed by atoms with Crippen LogP contribution in [0.5, 0.6) is 0 Å². The van der Waals surface area contributed by atoms with Crippen molar-refractivity contribution in [1.29, 1.82) is 0 Å². The molecule has 0 radical (unpaired) electrons. The standard InChI is InChI=1S/C28H29N7/c29-17-18-6-8-20(9-7-18)28-34-25(26-27(30)31-14-15-35(26)28)21-11-10-19-12-13-24(33-23(19)16-21)32-22-4-2-1-3-5-22/h1-5,10-16,18,20H,6-9,17,29H2,(H2,30,31)(H,32,33). The summed E-state index contributed by atoms with van der Waals surface area (Å²) in [5.74, 6) is 3.36. The quantitative estimate of drug-likeness (QED) is 0.318. The minimum atomic E-state index is 0.390. The molecule has 35 heavy (non-hydrogen) atoms. The fourth-order valence-corrected chi connectivity index (χ4v) is 5.24. The van der Waals surface area contributed by atoms with Gasteiger partial charge in [0.25, 0.3) is 0 Å². The van der Waals surface area contributed by atoms with E-state index in [1.807, 2.05) is 42.6 Å². The van der Waals surface area contributed by atoms with Crippen LogP contribution < -0.4 is 16.8 Å². The van der Waals surface area contributed by atoms with Crippen LogP contribution in [0.15, 0.2) is 73.1 Å². The van der Waals surface area contributed by atoms with E-state index in [1.54, 1.807) is 6.20 Å². The van der Waals surface area contributed by atoms with Crippen molar-refractivity contribution in [1.82, 2.24) is 19.4 Å². The molecule has 1 fully saturated rings. The monoisotopic (exact) mass is 463 g/mol. The van der Waals surface area contributed by atoms with Gasteiger partial charge in [0.15, 0.2) is 0 Å². The molecule has 1 aliphatic carbocycles. The lowest BCUT2D eigenvalue weighted by atomic mass is 9.81. The largest absolute Gasteiger partial charge is 0.382 e. The molecular formula is C28H29N7. The molecule has 0 bridgehead atoms. The number of nitrogens with zero attached hydrogens (tertiary/aromatic N) is 4. The molecule has 3 heterocycles. The summed E-state index contributed by atoms with van der Waals surface area (Å²) in [6, 6.07) is 20.4. The third-order valence-corrected chi connectivity index (χ3v) is 7.17. The molecule has 0 atom stereocenters. The Hall–Kier alpha value is -3.97. The van der Waals surface area contributed by atoms with Gasteiger partial charge in [-0.05, 0) is 68.5 Å². The summed E-state index contributed by atoms with van der Waals surface area (Å²) in [4.78, 5) is 14.4. The number of fused-ring (bicyclic) bond motifs is 2. The number of nitrogen functional groups attached to an aromatic ring is 1. The zero-order chi connectivity index (χ0) is 23.8. The Labute approximate surface area is 204 Å². The average molecular weight is 464 g/mol. The molecule has 7 heteroatoms. The van der Waals surface area contributed by atoms with Gasteiger partial charge in [-0.25, -0.2) is 15.0 Å². The van der Waals surface area contributed by atoms with Crippen molar-refractivity contribution < 1.29 is 0 Å². The lowest BCUT2D eigenvalue weighted by molar-refractivity contribution is 0.325. The highest BCUT2D eigenvalue weighted by Crippen LogP contribution is 2.38. The molecule has 0 aliphatic heterocycles. The van der Waals surface area contributed by atoms with Gasteiger partial charge < -0.3 is 16.8 Å². The second kappa shape index (κ2) is 9.00. The highest BCUT2D eigenvalue weighted by Gasteiger charge is 2.27. The molecule has 3 aromatic heterocycles. The van der Waals surface area contributed by atoms with Crippen molar-refractivity contribution in [3.63, 3.8) is 0 Å². The molecule has 5 aromatic rings.